The lowest BCUT2D eigenvalue weighted by atomic mass is 10.1. The number of carboxylic acids is 1. The van der Waals surface area contributed by atoms with Crippen molar-refractivity contribution in [3.8, 4) is 11.3 Å². The van der Waals surface area contributed by atoms with Crippen LogP contribution in [0.25, 0.3) is 11.3 Å². The molecule has 1 N–H and O–H groups in total. The maximum atomic E-state index is 13.0. The number of carboxylic acid groups (broad SMARTS) is 1. The van der Waals surface area contributed by atoms with Crippen molar-refractivity contribution in [3.05, 3.63) is 40.6 Å². The van der Waals surface area contributed by atoms with E-state index in [2.05, 4.69) is 9.68 Å². The van der Waals surface area contributed by atoms with E-state index < -0.39 is 22.7 Å². The highest BCUT2D eigenvalue weighted by molar-refractivity contribution is 6.30. The molecule has 0 spiro atoms. The van der Waals surface area contributed by atoms with Gasteiger partial charge in [0.15, 0.2) is 0 Å². The molecule has 0 bridgehead atoms. The van der Waals surface area contributed by atoms with Gasteiger partial charge in [-0.05, 0) is 23.7 Å². The summed E-state index contributed by atoms with van der Waals surface area (Å²) < 4.78 is 30.4. The number of carbonyl (C=O) groups is 1. The average molecular weight is 308 g/mol. The summed E-state index contributed by atoms with van der Waals surface area (Å²) in [7, 11) is 0. The minimum absolute atomic E-state index is 0.237. The molecule has 1 aromatic heterocycles. The highest BCUT2D eigenvalue weighted by Crippen LogP contribution is 2.38. The number of benzene rings is 1. The molecular formula is C11H5Cl2F2NO3. The van der Waals surface area contributed by atoms with Gasteiger partial charge in [0.25, 0.3) is 0 Å². The lowest BCUT2D eigenvalue weighted by Gasteiger charge is -2.04. The molecule has 0 atom stereocenters. The average Bonchev–Trinajstić information content (AvgIpc) is 2.74. The zero-order chi connectivity index (χ0) is 14.2. The van der Waals surface area contributed by atoms with Gasteiger partial charge in [-0.2, -0.15) is 8.78 Å². The van der Waals surface area contributed by atoms with Crippen molar-refractivity contribution < 1.29 is 23.2 Å². The zero-order valence-corrected chi connectivity index (χ0v) is 10.5. The highest BCUT2D eigenvalue weighted by Gasteiger charge is 2.40. The summed E-state index contributed by atoms with van der Waals surface area (Å²) in [5.41, 5.74) is -0.737. The van der Waals surface area contributed by atoms with E-state index in [1.165, 1.54) is 24.3 Å². The third kappa shape index (κ3) is 2.69. The van der Waals surface area contributed by atoms with Gasteiger partial charge in [-0.15, -0.1) is 0 Å². The third-order valence-electron chi connectivity index (χ3n) is 2.28. The van der Waals surface area contributed by atoms with Gasteiger partial charge in [0, 0.05) is 10.6 Å². The summed E-state index contributed by atoms with van der Waals surface area (Å²) in [6, 6.07) is 5.80. The van der Waals surface area contributed by atoms with E-state index in [0.717, 1.165) is 0 Å². The highest BCUT2D eigenvalue weighted by atomic mass is 35.5. The molecule has 4 nitrogen and oxygen atoms in total. The van der Waals surface area contributed by atoms with Crippen molar-refractivity contribution >= 4 is 29.2 Å². The fourth-order valence-electron chi connectivity index (χ4n) is 1.49. The van der Waals surface area contributed by atoms with E-state index in [4.69, 9.17) is 28.3 Å². The van der Waals surface area contributed by atoms with E-state index in [0.29, 0.717) is 5.02 Å². The summed E-state index contributed by atoms with van der Waals surface area (Å²) in [6.45, 7) is 0. The van der Waals surface area contributed by atoms with Crippen LogP contribution in [0.1, 0.15) is 16.1 Å². The summed E-state index contributed by atoms with van der Waals surface area (Å²) in [6.07, 6.45) is 0. The standard InChI is InChI=1S/C11H5Cl2F2NO3/c12-6-3-1-5(2-4-6)8-7(10(17)18)9(19-16-8)11(13,14)15/h1-4H,(H,17,18). The molecule has 0 saturated heterocycles. The Kier molecular flexibility index (Phi) is 3.47. The second kappa shape index (κ2) is 4.79. The van der Waals surface area contributed by atoms with Crippen LogP contribution in [-0.4, -0.2) is 16.2 Å². The van der Waals surface area contributed by atoms with Gasteiger partial charge in [-0.1, -0.05) is 28.9 Å². The van der Waals surface area contributed by atoms with Crippen LogP contribution in [0.4, 0.5) is 8.78 Å². The molecule has 0 unspecified atom stereocenters. The van der Waals surface area contributed by atoms with Gasteiger partial charge < -0.3 is 9.63 Å². The SMILES string of the molecule is O=C(O)c1c(-c2ccc(Cl)cc2)noc1C(F)(F)Cl. The second-order valence-corrected chi connectivity index (χ2v) is 4.46. The minimum atomic E-state index is -3.95. The minimum Gasteiger partial charge on any atom is -0.477 e. The van der Waals surface area contributed by atoms with Crippen molar-refractivity contribution in [2.24, 2.45) is 0 Å². The van der Waals surface area contributed by atoms with Gasteiger partial charge in [0.1, 0.15) is 11.3 Å². The Hall–Kier alpha value is -1.66. The van der Waals surface area contributed by atoms with E-state index in [9.17, 15) is 13.6 Å². The Balaban J connectivity index is 2.62. The predicted octanol–water partition coefficient (Wildman–Crippen LogP) is 3.98. The molecule has 0 saturated carbocycles. The molecule has 0 aliphatic rings. The molecule has 0 amide bonds. The van der Waals surface area contributed by atoms with Gasteiger partial charge in [0.05, 0.1) is 0 Å². The Labute approximate surface area is 115 Å². The quantitative estimate of drug-likeness (QED) is 0.871. The molecule has 0 fully saturated rings. The fourth-order valence-corrected chi connectivity index (χ4v) is 1.74. The molecule has 8 heteroatoms. The van der Waals surface area contributed by atoms with E-state index >= 15 is 0 Å². The Morgan fingerprint density at radius 3 is 2.37 bits per heavy atom. The van der Waals surface area contributed by atoms with Crippen LogP contribution in [0.5, 0.6) is 0 Å². The zero-order valence-electron chi connectivity index (χ0n) is 9.03. The fraction of sp³-hybridized carbons (Fsp3) is 0.0909. The number of hydrogen-bond acceptors (Lipinski definition) is 3. The van der Waals surface area contributed by atoms with E-state index in [1.54, 1.807) is 0 Å². The van der Waals surface area contributed by atoms with Crippen molar-refractivity contribution in [2.45, 2.75) is 5.38 Å². The maximum absolute atomic E-state index is 13.0. The van der Waals surface area contributed by atoms with Gasteiger partial charge in [-0.25, -0.2) is 4.79 Å². The number of aromatic carboxylic acids is 1. The topological polar surface area (TPSA) is 63.3 Å². The third-order valence-corrected chi connectivity index (χ3v) is 2.70. The number of nitrogens with zero attached hydrogens (tertiary/aromatic N) is 1. The van der Waals surface area contributed by atoms with Gasteiger partial charge in [0.2, 0.25) is 5.76 Å². The van der Waals surface area contributed by atoms with Crippen molar-refractivity contribution in [3.63, 3.8) is 0 Å². The molecule has 19 heavy (non-hydrogen) atoms. The van der Waals surface area contributed by atoms with Crippen LogP contribution >= 0.6 is 23.2 Å². The van der Waals surface area contributed by atoms with E-state index in [-0.39, 0.29) is 11.3 Å². The smallest absolute Gasteiger partial charge is 0.383 e. The van der Waals surface area contributed by atoms with Gasteiger partial charge in [-0.3, -0.25) is 0 Å². The van der Waals surface area contributed by atoms with Crippen LogP contribution < -0.4 is 0 Å². The van der Waals surface area contributed by atoms with Crippen LogP contribution in [0.2, 0.25) is 5.02 Å². The summed E-state index contributed by atoms with van der Waals surface area (Å²) in [5, 5.41) is 8.79. The molecular weight excluding hydrogens is 303 g/mol. The molecule has 2 aromatic rings. The predicted molar refractivity (Wildman–Crippen MR) is 63.7 cm³/mol. The molecule has 0 radical (unpaired) electrons. The summed E-state index contributed by atoms with van der Waals surface area (Å²) >= 11 is 10.5. The van der Waals surface area contributed by atoms with Gasteiger partial charge >= 0.3 is 11.4 Å². The number of halogens is 4. The molecule has 1 aromatic carbocycles. The van der Waals surface area contributed by atoms with Crippen LogP contribution in [-0.2, 0) is 5.38 Å². The van der Waals surface area contributed by atoms with Crippen LogP contribution in [0.3, 0.4) is 0 Å². The number of rotatable bonds is 3. The number of aromatic nitrogens is 1. The summed E-state index contributed by atoms with van der Waals surface area (Å²) in [4.78, 5) is 11.1. The first-order valence-electron chi connectivity index (χ1n) is 4.87. The van der Waals surface area contributed by atoms with Crippen molar-refractivity contribution in [1.82, 2.24) is 5.16 Å². The van der Waals surface area contributed by atoms with E-state index in [1.807, 2.05) is 0 Å². The molecule has 1 heterocycles. The number of alkyl halides is 3. The lowest BCUT2D eigenvalue weighted by molar-refractivity contribution is 0.0532. The largest absolute Gasteiger partial charge is 0.477 e. The first-order valence-corrected chi connectivity index (χ1v) is 5.62. The van der Waals surface area contributed by atoms with Crippen LogP contribution in [0, 0.1) is 0 Å². The molecule has 0 aliphatic carbocycles. The monoisotopic (exact) mass is 307 g/mol. The molecule has 2 rings (SSSR count). The first-order chi connectivity index (χ1) is 8.80. The number of hydrogen-bond donors (Lipinski definition) is 1. The van der Waals surface area contributed by atoms with Crippen molar-refractivity contribution in [1.29, 1.82) is 0 Å². The van der Waals surface area contributed by atoms with Crippen LogP contribution in [0.15, 0.2) is 28.8 Å². The Morgan fingerprint density at radius 2 is 1.89 bits per heavy atom. The lowest BCUT2D eigenvalue weighted by Crippen LogP contribution is -2.09. The molecule has 0 aliphatic heterocycles. The normalized spacial score (nSPS) is 11.6. The second-order valence-electron chi connectivity index (χ2n) is 3.55. The van der Waals surface area contributed by atoms with Crippen molar-refractivity contribution in [2.75, 3.05) is 0 Å². The maximum Gasteiger partial charge on any atom is 0.383 e. The Morgan fingerprint density at radius 1 is 1.32 bits per heavy atom. The Bertz CT molecular complexity index is 620. The summed E-state index contributed by atoms with van der Waals surface area (Å²) in [5.74, 6) is -2.81. The molecule has 100 valence electrons. The first kappa shape index (κ1) is 13.8.